The maximum absolute atomic E-state index is 5.47. The molecule has 0 aromatic heterocycles. The van der Waals surface area contributed by atoms with Gasteiger partial charge in [0, 0.05) is 0 Å². The molecule has 0 saturated heterocycles. The van der Waals surface area contributed by atoms with Crippen LogP contribution in [0.15, 0.2) is 0 Å². The van der Waals surface area contributed by atoms with Crippen molar-refractivity contribution < 1.29 is 0 Å². The Morgan fingerprint density at radius 2 is 1.22 bits per heavy atom. The summed E-state index contributed by atoms with van der Waals surface area (Å²) in [6.07, 6.45) is 14.7. The number of nitrogens with two attached hydrogens (primary N) is 2. The minimum atomic E-state index is -0.162. The molecular formula is C15H35N3. The summed E-state index contributed by atoms with van der Waals surface area (Å²) in [5, 5.41) is 3.38. The van der Waals surface area contributed by atoms with Gasteiger partial charge >= 0.3 is 0 Å². The zero-order valence-electron chi connectivity index (χ0n) is 12.4. The Morgan fingerprint density at radius 3 is 1.72 bits per heavy atom. The van der Waals surface area contributed by atoms with E-state index in [1.807, 2.05) is 0 Å². The molecule has 110 valence electrons. The lowest BCUT2D eigenvalue weighted by molar-refractivity contribution is 0.529. The van der Waals surface area contributed by atoms with Crippen LogP contribution in [0.25, 0.3) is 0 Å². The van der Waals surface area contributed by atoms with Gasteiger partial charge in [-0.1, -0.05) is 64.7 Å². The van der Waals surface area contributed by atoms with Crippen LogP contribution in [-0.2, 0) is 0 Å². The Bertz CT molecular complexity index is 149. The zero-order chi connectivity index (χ0) is 13.5. The predicted molar refractivity (Wildman–Crippen MR) is 81.5 cm³/mol. The highest BCUT2D eigenvalue weighted by atomic mass is 14.9. The Kier molecular flexibility index (Phi) is 14.8. The van der Waals surface area contributed by atoms with Crippen molar-refractivity contribution in [1.82, 2.24) is 5.32 Å². The maximum atomic E-state index is 5.47. The van der Waals surface area contributed by atoms with Gasteiger partial charge in [-0.25, -0.2) is 0 Å². The number of rotatable bonds is 14. The second-order valence-corrected chi connectivity index (χ2v) is 5.38. The fraction of sp³-hybridized carbons (Fsp3) is 1.00. The first-order chi connectivity index (χ1) is 8.77. The van der Waals surface area contributed by atoms with Crippen LogP contribution in [-0.4, -0.2) is 19.3 Å². The minimum Gasteiger partial charge on any atom is -0.317 e. The van der Waals surface area contributed by atoms with Crippen molar-refractivity contribution in [3.05, 3.63) is 0 Å². The van der Waals surface area contributed by atoms with Crippen LogP contribution in [0.3, 0.4) is 0 Å². The largest absolute Gasteiger partial charge is 0.317 e. The van der Waals surface area contributed by atoms with E-state index in [9.17, 15) is 0 Å². The molecule has 0 fully saturated rings. The third-order valence-electron chi connectivity index (χ3n) is 3.36. The highest BCUT2D eigenvalue weighted by Crippen LogP contribution is 2.10. The van der Waals surface area contributed by atoms with Gasteiger partial charge in [0.1, 0.15) is 0 Å². The maximum Gasteiger partial charge on any atom is 0.0533 e. The van der Waals surface area contributed by atoms with Gasteiger partial charge in [0.05, 0.1) is 6.17 Å². The summed E-state index contributed by atoms with van der Waals surface area (Å²) in [6.45, 7) is 4.34. The van der Waals surface area contributed by atoms with Gasteiger partial charge in [0.2, 0.25) is 0 Å². The summed E-state index contributed by atoms with van der Waals surface area (Å²) in [6, 6.07) is 0. The number of hydrogen-bond donors (Lipinski definition) is 3. The molecule has 5 N–H and O–H groups in total. The SMILES string of the molecule is CCCCCCCCCCCCNCCC(N)N. The summed E-state index contributed by atoms with van der Waals surface area (Å²) in [5.41, 5.74) is 10.9. The van der Waals surface area contributed by atoms with Crippen molar-refractivity contribution in [2.24, 2.45) is 11.5 Å². The Morgan fingerprint density at radius 1 is 0.722 bits per heavy atom. The van der Waals surface area contributed by atoms with Crippen molar-refractivity contribution in [1.29, 1.82) is 0 Å². The van der Waals surface area contributed by atoms with E-state index in [1.165, 1.54) is 64.2 Å². The van der Waals surface area contributed by atoms with Gasteiger partial charge in [-0.05, 0) is 25.9 Å². The summed E-state index contributed by atoms with van der Waals surface area (Å²) in [7, 11) is 0. The highest BCUT2D eigenvalue weighted by molar-refractivity contribution is 4.55. The summed E-state index contributed by atoms with van der Waals surface area (Å²) < 4.78 is 0. The van der Waals surface area contributed by atoms with E-state index in [2.05, 4.69) is 12.2 Å². The average Bonchev–Trinajstić information content (AvgIpc) is 2.34. The smallest absolute Gasteiger partial charge is 0.0533 e. The summed E-state index contributed by atoms with van der Waals surface area (Å²) in [5.74, 6) is 0. The molecule has 0 spiro atoms. The van der Waals surface area contributed by atoms with Gasteiger partial charge in [-0.3, -0.25) is 0 Å². The van der Waals surface area contributed by atoms with Crippen molar-refractivity contribution in [2.75, 3.05) is 13.1 Å². The van der Waals surface area contributed by atoms with Crippen LogP contribution in [0.1, 0.15) is 77.6 Å². The van der Waals surface area contributed by atoms with Crippen molar-refractivity contribution in [3.63, 3.8) is 0 Å². The van der Waals surface area contributed by atoms with E-state index in [0.717, 1.165) is 19.5 Å². The predicted octanol–water partition coefficient (Wildman–Crippen LogP) is 3.13. The molecule has 0 aromatic carbocycles. The second kappa shape index (κ2) is 14.9. The lowest BCUT2D eigenvalue weighted by Gasteiger charge is -2.07. The molecule has 0 rings (SSSR count). The van der Waals surface area contributed by atoms with Crippen LogP contribution in [0, 0.1) is 0 Å². The molecule has 18 heavy (non-hydrogen) atoms. The van der Waals surface area contributed by atoms with Gasteiger partial charge in [-0.2, -0.15) is 0 Å². The molecule has 0 saturated carbocycles. The first-order valence-electron chi connectivity index (χ1n) is 7.99. The van der Waals surface area contributed by atoms with Crippen LogP contribution >= 0.6 is 0 Å². The average molecular weight is 257 g/mol. The van der Waals surface area contributed by atoms with E-state index < -0.39 is 0 Å². The molecule has 0 bridgehead atoms. The number of nitrogens with one attached hydrogen (secondary N) is 1. The van der Waals surface area contributed by atoms with Gasteiger partial charge in [-0.15, -0.1) is 0 Å². The monoisotopic (exact) mass is 257 g/mol. The van der Waals surface area contributed by atoms with E-state index in [1.54, 1.807) is 0 Å². The normalized spacial score (nSPS) is 11.3. The molecule has 3 heteroatoms. The number of unbranched alkanes of at least 4 members (excludes halogenated alkanes) is 9. The van der Waals surface area contributed by atoms with Crippen molar-refractivity contribution in [2.45, 2.75) is 83.7 Å². The van der Waals surface area contributed by atoms with E-state index in [-0.39, 0.29) is 6.17 Å². The highest BCUT2D eigenvalue weighted by Gasteiger charge is 1.94. The van der Waals surface area contributed by atoms with Crippen molar-refractivity contribution >= 4 is 0 Å². The summed E-state index contributed by atoms with van der Waals surface area (Å²) in [4.78, 5) is 0. The van der Waals surface area contributed by atoms with Crippen LogP contribution < -0.4 is 16.8 Å². The fourth-order valence-corrected chi connectivity index (χ4v) is 2.13. The van der Waals surface area contributed by atoms with E-state index in [0.29, 0.717) is 0 Å². The molecule has 0 amide bonds. The van der Waals surface area contributed by atoms with E-state index in [4.69, 9.17) is 11.5 Å². The molecule has 3 nitrogen and oxygen atoms in total. The molecule has 0 aliphatic heterocycles. The Hall–Kier alpha value is -0.120. The molecule has 0 unspecified atom stereocenters. The number of hydrogen-bond acceptors (Lipinski definition) is 3. The molecule has 0 aliphatic carbocycles. The quantitative estimate of drug-likeness (QED) is 0.331. The minimum absolute atomic E-state index is 0.162. The third kappa shape index (κ3) is 15.9. The molecular weight excluding hydrogens is 222 g/mol. The third-order valence-corrected chi connectivity index (χ3v) is 3.36. The molecule has 0 heterocycles. The lowest BCUT2D eigenvalue weighted by Crippen LogP contribution is -2.34. The van der Waals surface area contributed by atoms with Gasteiger partial charge in [0.25, 0.3) is 0 Å². The first-order valence-corrected chi connectivity index (χ1v) is 7.99. The molecule has 0 aliphatic rings. The van der Waals surface area contributed by atoms with Crippen molar-refractivity contribution in [3.8, 4) is 0 Å². The standard InChI is InChI=1S/C15H35N3/c1-2-3-4-5-6-7-8-9-10-11-13-18-14-12-15(16)17/h15,18H,2-14,16-17H2,1H3. The topological polar surface area (TPSA) is 64.1 Å². The lowest BCUT2D eigenvalue weighted by atomic mass is 10.1. The van der Waals surface area contributed by atoms with Crippen LogP contribution in [0.2, 0.25) is 0 Å². The molecule has 0 radical (unpaired) electrons. The van der Waals surface area contributed by atoms with E-state index >= 15 is 0 Å². The first kappa shape index (κ1) is 17.9. The van der Waals surface area contributed by atoms with Gasteiger partial charge < -0.3 is 16.8 Å². The summed E-state index contributed by atoms with van der Waals surface area (Å²) >= 11 is 0. The Balaban J connectivity index is 2.90. The van der Waals surface area contributed by atoms with Crippen LogP contribution in [0.4, 0.5) is 0 Å². The Labute approximate surface area is 114 Å². The van der Waals surface area contributed by atoms with Gasteiger partial charge in [0.15, 0.2) is 0 Å². The zero-order valence-corrected chi connectivity index (χ0v) is 12.4. The molecule has 0 aromatic rings. The second-order valence-electron chi connectivity index (χ2n) is 5.38. The van der Waals surface area contributed by atoms with Crippen LogP contribution in [0.5, 0.6) is 0 Å². The fourth-order valence-electron chi connectivity index (χ4n) is 2.13. The molecule has 0 atom stereocenters.